The van der Waals surface area contributed by atoms with Gasteiger partial charge in [-0.2, -0.15) is 5.10 Å². The molecule has 7 nitrogen and oxygen atoms in total. The van der Waals surface area contributed by atoms with E-state index in [1.807, 2.05) is 0 Å². The lowest BCUT2D eigenvalue weighted by molar-refractivity contribution is 0.0696. The molecule has 1 heterocycles. The molecule has 0 spiro atoms. The van der Waals surface area contributed by atoms with Crippen molar-refractivity contribution in [2.24, 2.45) is 7.05 Å². The molecule has 2 rings (SSSR count). The first kappa shape index (κ1) is 14.5. The fourth-order valence-corrected chi connectivity index (χ4v) is 3.47. The van der Waals surface area contributed by atoms with Crippen molar-refractivity contribution in [2.75, 3.05) is 0 Å². The molecule has 0 bridgehead atoms. The van der Waals surface area contributed by atoms with Crippen LogP contribution in [0.5, 0.6) is 0 Å². The highest BCUT2D eigenvalue weighted by Gasteiger charge is 2.22. The van der Waals surface area contributed by atoms with Crippen LogP contribution in [-0.4, -0.2) is 34.3 Å². The maximum Gasteiger partial charge on any atom is 0.335 e. The van der Waals surface area contributed by atoms with Crippen LogP contribution in [0.1, 0.15) is 16.2 Å². The lowest BCUT2D eigenvalue weighted by atomic mass is 10.2. The predicted octanol–water partition coefficient (Wildman–Crippen LogP) is 1.14. The van der Waals surface area contributed by atoms with Crippen LogP contribution in [0.2, 0.25) is 5.02 Å². The highest BCUT2D eigenvalue weighted by Crippen LogP contribution is 2.25. The normalized spacial score (nSPS) is 11.5. The molecule has 0 aliphatic heterocycles. The molecule has 1 N–H and O–H groups in total. The number of nitrogens with zero attached hydrogens (tertiary/aromatic N) is 3. The third-order valence-corrected chi connectivity index (χ3v) is 4.73. The van der Waals surface area contributed by atoms with Crippen LogP contribution in [-0.2, 0) is 22.6 Å². The van der Waals surface area contributed by atoms with Crippen molar-refractivity contribution in [1.29, 1.82) is 0 Å². The molecule has 0 amide bonds. The van der Waals surface area contributed by atoms with E-state index in [4.69, 9.17) is 16.7 Å². The van der Waals surface area contributed by atoms with Gasteiger partial charge in [0.2, 0.25) is 0 Å². The van der Waals surface area contributed by atoms with Crippen molar-refractivity contribution >= 4 is 27.4 Å². The van der Waals surface area contributed by atoms with Gasteiger partial charge in [0.15, 0.2) is 9.84 Å². The Balaban J connectivity index is 2.46. The topological polar surface area (TPSA) is 102 Å². The highest BCUT2D eigenvalue weighted by molar-refractivity contribution is 7.90. The number of sulfone groups is 1. The lowest BCUT2D eigenvalue weighted by Gasteiger charge is -2.07. The maximum absolute atomic E-state index is 12.3. The van der Waals surface area contributed by atoms with Gasteiger partial charge in [-0.25, -0.2) is 18.2 Å². The van der Waals surface area contributed by atoms with E-state index in [1.54, 1.807) is 7.05 Å². The molecule has 0 aliphatic carbocycles. The van der Waals surface area contributed by atoms with Crippen LogP contribution in [0.15, 0.2) is 29.4 Å². The van der Waals surface area contributed by atoms with E-state index < -0.39 is 21.6 Å². The number of hydrogen-bond acceptors (Lipinski definition) is 5. The Kier molecular flexibility index (Phi) is 3.78. The minimum atomic E-state index is -3.81. The first-order valence-electron chi connectivity index (χ1n) is 5.40. The lowest BCUT2D eigenvalue weighted by Crippen LogP contribution is -2.11. The van der Waals surface area contributed by atoms with Crippen LogP contribution < -0.4 is 0 Å². The van der Waals surface area contributed by atoms with Gasteiger partial charge in [0.05, 0.1) is 15.5 Å². The van der Waals surface area contributed by atoms with Gasteiger partial charge in [-0.3, -0.25) is 4.68 Å². The number of benzene rings is 1. The number of aryl methyl sites for hydroxylation is 1. The van der Waals surface area contributed by atoms with Gasteiger partial charge in [0.1, 0.15) is 17.9 Å². The number of aromatic nitrogens is 3. The van der Waals surface area contributed by atoms with Gasteiger partial charge < -0.3 is 5.11 Å². The summed E-state index contributed by atoms with van der Waals surface area (Å²) in [5, 5.41) is 12.6. The zero-order chi connectivity index (χ0) is 14.9. The van der Waals surface area contributed by atoms with Gasteiger partial charge in [0, 0.05) is 7.05 Å². The Bertz CT molecular complexity index is 770. The first-order chi connectivity index (χ1) is 9.31. The molecule has 0 fully saturated rings. The van der Waals surface area contributed by atoms with Crippen LogP contribution in [0.25, 0.3) is 0 Å². The van der Waals surface area contributed by atoms with E-state index in [0.29, 0.717) is 0 Å². The highest BCUT2D eigenvalue weighted by atomic mass is 35.5. The van der Waals surface area contributed by atoms with Crippen LogP contribution in [0.4, 0.5) is 0 Å². The Morgan fingerprint density at radius 2 is 2.15 bits per heavy atom. The number of carboxylic acids is 1. The molecule has 1 aromatic heterocycles. The predicted molar refractivity (Wildman–Crippen MR) is 70.3 cm³/mol. The molecule has 9 heteroatoms. The summed E-state index contributed by atoms with van der Waals surface area (Å²) in [5.41, 5.74) is -0.147. The second-order valence-electron chi connectivity index (χ2n) is 4.01. The Morgan fingerprint density at radius 1 is 1.45 bits per heavy atom. The smallest absolute Gasteiger partial charge is 0.335 e. The number of aromatic carboxylic acids is 1. The van der Waals surface area contributed by atoms with Crippen LogP contribution >= 0.6 is 11.6 Å². The van der Waals surface area contributed by atoms with E-state index in [9.17, 15) is 13.2 Å². The van der Waals surface area contributed by atoms with Crippen molar-refractivity contribution in [3.8, 4) is 0 Å². The Labute approximate surface area is 119 Å². The number of halogens is 1. The van der Waals surface area contributed by atoms with Crippen LogP contribution in [0.3, 0.4) is 0 Å². The second kappa shape index (κ2) is 5.22. The largest absolute Gasteiger partial charge is 0.478 e. The van der Waals surface area contributed by atoms with Gasteiger partial charge in [-0.05, 0) is 18.2 Å². The quantitative estimate of drug-likeness (QED) is 0.907. The molecule has 20 heavy (non-hydrogen) atoms. The number of hydrogen-bond donors (Lipinski definition) is 1. The fourth-order valence-electron chi connectivity index (χ4n) is 1.57. The molecule has 0 radical (unpaired) electrons. The van der Waals surface area contributed by atoms with Crippen molar-refractivity contribution in [3.05, 3.63) is 40.9 Å². The summed E-state index contributed by atoms with van der Waals surface area (Å²) in [6.45, 7) is 0. The summed E-state index contributed by atoms with van der Waals surface area (Å²) in [7, 11) is -2.25. The minimum Gasteiger partial charge on any atom is -0.478 e. The molecule has 0 aliphatic rings. The average Bonchev–Trinajstić information content (AvgIpc) is 2.74. The molecule has 0 atom stereocenters. The number of carbonyl (C=O) groups is 1. The van der Waals surface area contributed by atoms with E-state index in [2.05, 4.69) is 10.1 Å². The average molecular weight is 316 g/mol. The van der Waals surface area contributed by atoms with Gasteiger partial charge in [-0.1, -0.05) is 11.6 Å². The Morgan fingerprint density at radius 3 is 2.70 bits per heavy atom. The van der Waals surface area contributed by atoms with E-state index in [-0.39, 0.29) is 21.3 Å². The summed E-state index contributed by atoms with van der Waals surface area (Å²) in [6, 6.07) is 3.52. The molecular weight excluding hydrogens is 306 g/mol. The molecule has 0 saturated heterocycles. The van der Waals surface area contributed by atoms with Crippen molar-refractivity contribution in [3.63, 3.8) is 0 Å². The molecule has 0 saturated carbocycles. The summed E-state index contributed by atoms with van der Waals surface area (Å²) >= 11 is 5.85. The van der Waals surface area contributed by atoms with Crippen molar-refractivity contribution in [1.82, 2.24) is 14.8 Å². The van der Waals surface area contributed by atoms with E-state index in [0.717, 1.165) is 6.07 Å². The fraction of sp³-hybridized carbons (Fsp3) is 0.182. The van der Waals surface area contributed by atoms with Gasteiger partial charge in [-0.15, -0.1) is 0 Å². The number of rotatable bonds is 4. The molecule has 2 aromatic rings. The molecular formula is C11H10ClN3O4S. The third kappa shape index (κ3) is 2.81. The van der Waals surface area contributed by atoms with Crippen molar-refractivity contribution < 1.29 is 18.3 Å². The van der Waals surface area contributed by atoms with Gasteiger partial charge in [0.25, 0.3) is 0 Å². The van der Waals surface area contributed by atoms with Crippen LogP contribution in [0, 0.1) is 0 Å². The Hall–Kier alpha value is -1.93. The summed E-state index contributed by atoms with van der Waals surface area (Å²) in [5.74, 6) is -1.40. The second-order valence-corrected chi connectivity index (χ2v) is 6.37. The summed E-state index contributed by atoms with van der Waals surface area (Å²) in [6.07, 6.45) is 1.24. The standard InChI is InChI=1S/C11H10ClN3O4S/c1-15-10(13-6-14-15)5-20(18,19)9-4-7(11(16)17)2-3-8(9)12/h2-4,6H,5H2,1H3,(H,16,17). The molecule has 1 aromatic carbocycles. The zero-order valence-electron chi connectivity index (χ0n) is 10.3. The SMILES string of the molecule is Cn1ncnc1CS(=O)(=O)c1cc(C(=O)O)ccc1Cl. The summed E-state index contributed by atoms with van der Waals surface area (Å²) in [4.78, 5) is 14.5. The minimum absolute atomic E-state index is 0.0304. The molecule has 106 valence electrons. The van der Waals surface area contributed by atoms with Crippen molar-refractivity contribution in [2.45, 2.75) is 10.6 Å². The maximum atomic E-state index is 12.3. The van der Waals surface area contributed by atoms with E-state index in [1.165, 1.54) is 23.1 Å². The first-order valence-corrected chi connectivity index (χ1v) is 7.43. The van der Waals surface area contributed by atoms with Gasteiger partial charge >= 0.3 is 5.97 Å². The zero-order valence-corrected chi connectivity index (χ0v) is 11.9. The third-order valence-electron chi connectivity index (χ3n) is 2.64. The molecule has 0 unspecified atom stereocenters. The summed E-state index contributed by atoms with van der Waals surface area (Å²) < 4.78 is 25.9. The van der Waals surface area contributed by atoms with E-state index >= 15 is 0 Å². The monoisotopic (exact) mass is 315 g/mol. The number of carboxylic acid groups (broad SMARTS) is 1.